The molecule has 1 fully saturated rings. The fourth-order valence-corrected chi connectivity index (χ4v) is 2.65. The number of carboxylic acids is 2. The Morgan fingerprint density at radius 1 is 1.13 bits per heavy atom. The van der Waals surface area contributed by atoms with Gasteiger partial charge in [-0.2, -0.15) is 0 Å². The van der Waals surface area contributed by atoms with Gasteiger partial charge in [0.15, 0.2) is 5.41 Å². The minimum atomic E-state index is -1.44. The van der Waals surface area contributed by atoms with Crippen LogP contribution in [0.4, 0.5) is 0 Å². The van der Waals surface area contributed by atoms with Crippen molar-refractivity contribution in [1.29, 1.82) is 0 Å². The van der Waals surface area contributed by atoms with Crippen LogP contribution in [0.15, 0.2) is 18.3 Å². The van der Waals surface area contributed by atoms with E-state index in [1.54, 1.807) is 11.7 Å². The van der Waals surface area contributed by atoms with Crippen molar-refractivity contribution in [2.24, 2.45) is 5.41 Å². The van der Waals surface area contributed by atoms with Crippen LogP contribution < -0.4 is 10.2 Å². The third kappa shape index (κ3) is 10.1. The van der Waals surface area contributed by atoms with Gasteiger partial charge in [-0.1, -0.05) is 12.8 Å². The fraction of sp³-hybridized carbons (Fsp3) is 0.579. The number of carboxylic acid groups (broad SMARTS) is 2. The molecule has 2 rings (SSSR count). The first-order chi connectivity index (χ1) is 13.3. The molecule has 0 unspecified atom stereocenters. The van der Waals surface area contributed by atoms with Crippen molar-refractivity contribution in [2.75, 3.05) is 6.61 Å². The van der Waals surface area contributed by atoms with Crippen LogP contribution in [0.5, 0.6) is 5.75 Å². The number of nitrogens with two attached hydrogens (primary N) is 1. The number of nitrogens with zero attached hydrogens (tertiary/aromatic N) is 1. The van der Waals surface area contributed by atoms with Crippen LogP contribution in [-0.4, -0.2) is 44.9 Å². The Balaban J connectivity index is 0. The normalized spacial score (nSPS) is 13.1. The Bertz CT molecular complexity index is 653. The van der Waals surface area contributed by atoms with Crippen molar-refractivity contribution < 1.29 is 55.6 Å². The molecule has 0 aromatic carbocycles. The summed E-state index contributed by atoms with van der Waals surface area (Å²) in [6, 6.07) is 3.75. The van der Waals surface area contributed by atoms with Gasteiger partial charge in [0, 0.05) is 45.4 Å². The molecule has 6 N–H and O–H groups in total. The average Bonchev–Trinajstić information content (AvgIpc) is 2.59. The van der Waals surface area contributed by atoms with Crippen molar-refractivity contribution in [2.45, 2.75) is 58.3 Å². The molecule has 0 saturated heterocycles. The van der Waals surface area contributed by atoms with Gasteiger partial charge >= 0.3 is 11.9 Å². The molecule has 0 spiro atoms. The smallest absolute Gasteiger partial charge is 0.321 e. The predicted molar refractivity (Wildman–Crippen MR) is 104 cm³/mol. The standard InChI is InChI=1S/C13H20N2O3.C6H8O4.H2N.Pt/c1-11-10-12(7-8-14-11)18-9-5-3-2-4-6-13(16)15-17;7-4(8)6(5(9)10)2-1-3-6;;/h7-8,10,17H,2-6,9H2,1H3,(H,15,16);1-3H2,(H,7,8)(H,9,10);1H2;/q;;-1;. The van der Waals surface area contributed by atoms with E-state index in [9.17, 15) is 14.4 Å². The topological polar surface area (TPSA) is 180 Å². The first kappa shape index (κ1) is 30.2. The summed E-state index contributed by atoms with van der Waals surface area (Å²) < 4.78 is 5.58. The van der Waals surface area contributed by atoms with Gasteiger partial charge in [0.2, 0.25) is 5.91 Å². The number of pyridine rings is 1. The Kier molecular flexibility index (Phi) is 15.8. The number of aryl methyl sites for hydroxylation is 1. The van der Waals surface area contributed by atoms with Gasteiger partial charge in [-0.05, 0) is 45.1 Å². The Morgan fingerprint density at radius 3 is 2.17 bits per heavy atom. The second-order valence-electron chi connectivity index (χ2n) is 6.73. The quantitative estimate of drug-likeness (QED) is 0.135. The molecule has 1 saturated carbocycles. The molecular weight excluding hydrogens is 577 g/mol. The van der Waals surface area contributed by atoms with Gasteiger partial charge in [-0.3, -0.25) is 24.6 Å². The molecule has 174 valence electrons. The Hall–Kier alpha value is -2.03. The number of nitrogens with one attached hydrogen (secondary N) is 1. The number of unbranched alkanes of at least 4 members (excludes halogenated alkanes) is 3. The summed E-state index contributed by atoms with van der Waals surface area (Å²) in [5.41, 5.74) is 1.13. The van der Waals surface area contributed by atoms with Gasteiger partial charge in [0.25, 0.3) is 0 Å². The maximum atomic E-state index is 10.7. The summed E-state index contributed by atoms with van der Waals surface area (Å²) >= 11 is 0. The summed E-state index contributed by atoms with van der Waals surface area (Å²) in [5.74, 6) is -1.88. The molecule has 11 heteroatoms. The van der Waals surface area contributed by atoms with E-state index in [0.29, 0.717) is 19.4 Å². The van der Waals surface area contributed by atoms with Crippen molar-refractivity contribution in [3.05, 3.63) is 30.2 Å². The molecular formula is C19H30N3O7Pt-. The maximum Gasteiger partial charge on any atom is 0.321 e. The van der Waals surface area contributed by atoms with Crippen molar-refractivity contribution >= 4 is 17.8 Å². The molecule has 0 aliphatic heterocycles. The minimum Gasteiger partial charge on any atom is -0.693 e. The third-order valence-electron chi connectivity index (χ3n) is 4.59. The molecule has 1 heterocycles. The number of aliphatic carboxylic acids is 2. The third-order valence-corrected chi connectivity index (χ3v) is 4.59. The summed E-state index contributed by atoms with van der Waals surface area (Å²) in [5, 5.41) is 25.2. The van der Waals surface area contributed by atoms with Crippen LogP contribution in [0.2, 0.25) is 0 Å². The summed E-state index contributed by atoms with van der Waals surface area (Å²) in [6.07, 6.45) is 7.10. The van der Waals surface area contributed by atoms with Gasteiger partial charge in [-0.25, -0.2) is 5.48 Å². The number of hydrogen-bond donors (Lipinski definition) is 4. The first-order valence-electron chi connectivity index (χ1n) is 9.27. The van der Waals surface area contributed by atoms with E-state index in [2.05, 4.69) is 4.98 Å². The number of ether oxygens (including phenoxy) is 1. The zero-order chi connectivity index (χ0) is 21.0. The van der Waals surface area contributed by atoms with E-state index >= 15 is 0 Å². The van der Waals surface area contributed by atoms with Crippen LogP contribution >= 0.6 is 0 Å². The Labute approximate surface area is 190 Å². The van der Waals surface area contributed by atoms with E-state index in [-0.39, 0.29) is 46.0 Å². The van der Waals surface area contributed by atoms with Gasteiger partial charge in [0.05, 0.1) is 6.61 Å². The van der Waals surface area contributed by atoms with Gasteiger partial charge in [0.1, 0.15) is 5.75 Å². The van der Waals surface area contributed by atoms with Crippen LogP contribution in [0.25, 0.3) is 6.15 Å². The van der Waals surface area contributed by atoms with Crippen LogP contribution in [0.1, 0.15) is 57.1 Å². The fourth-order valence-electron chi connectivity index (χ4n) is 2.65. The molecule has 1 aliphatic rings. The Morgan fingerprint density at radius 2 is 1.73 bits per heavy atom. The minimum absolute atomic E-state index is 0. The number of rotatable bonds is 10. The van der Waals surface area contributed by atoms with Crippen molar-refractivity contribution in [3.63, 3.8) is 0 Å². The van der Waals surface area contributed by atoms with Crippen molar-refractivity contribution in [1.82, 2.24) is 10.5 Å². The predicted octanol–water partition coefficient (Wildman–Crippen LogP) is 3.27. The number of carbonyl (C=O) groups excluding carboxylic acids is 1. The average molecular weight is 608 g/mol. The van der Waals surface area contributed by atoms with E-state index < -0.39 is 17.4 Å². The number of aromatic nitrogens is 1. The SMILES string of the molecule is Cc1cc(OCCCCCCC(=O)NO)ccn1.O=C(O)C1(C(=O)O)CCC1.[NH2-].[Pt]. The zero-order valence-electron chi connectivity index (χ0n) is 16.9. The molecule has 1 aliphatic carbocycles. The molecule has 0 atom stereocenters. The molecule has 1 aromatic heterocycles. The number of hydroxylamine groups is 1. The van der Waals surface area contributed by atoms with E-state index in [0.717, 1.165) is 37.1 Å². The summed E-state index contributed by atoms with van der Waals surface area (Å²) in [7, 11) is 0. The van der Waals surface area contributed by atoms with Gasteiger partial charge in [-0.15, -0.1) is 0 Å². The second kappa shape index (κ2) is 15.8. The largest absolute Gasteiger partial charge is 0.693 e. The van der Waals surface area contributed by atoms with E-state index in [1.165, 1.54) is 0 Å². The van der Waals surface area contributed by atoms with Crippen molar-refractivity contribution in [3.8, 4) is 5.75 Å². The molecule has 0 bridgehead atoms. The first-order valence-corrected chi connectivity index (χ1v) is 9.27. The van der Waals surface area contributed by atoms with Crippen LogP contribution in [0, 0.1) is 12.3 Å². The number of carbonyl (C=O) groups is 3. The molecule has 0 radical (unpaired) electrons. The number of hydrogen-bond acceptors (Lipinski definition) is 6. The molecule has 30 heavy (non-hydrogen) atoms. The van der Waals surface area contributed by atoms with Crippen LogP contribution in [-0.2, 0) is 35.4 Å². The number of amides is 1. The van der Waals surface area contributed by atoms with Crippen LogP contribution in [0.3, 0.4) is 0 Å². The monoisotopic (exact) mass is 607 g/mol. The van der Waals surface area contributed by atoms with E-state index in [4.69, 9.17) is 20.2 Å². The molecule has 1 aromatic rings. The van der Waals surface area contributed by atoms with E-state index in [1.807, 2.05) is 19.1 Å². The maximum absolute atomic E-state index is 10.7. The molecule has 1 amide bonds. The summed E-state index contributed by atoms with van der Waals surface area (Å²) in [6.45, 7) is 2.61. The summed E-state index contributed by atoms with van der Waals surface area (Å²) in [4.78, 5) is 35.5. The molecule has 10 nitrogen and oxygen atoms in total. The zero-order valence-corrected chi connectivity index (χ0v) is 19.2. The van der Waals surface area contributed by atoms with Gasteiger partial charge < -0.3 is 21.1 Å². The second-order valence-corrected chi connectivity index (χ2v) is 6.73.